The van der Waals surface area contributed by atoms with Crippen molar-refractivity contribution in [2.24, 2.45) is 0 Å². The second-order valence-corrected chi connectivity index (χ2v) is 12.4. The van der Waals surface area contributed by atoms with E-state index in [0.29, 0.717) is 36.5 Å². The van der Waals surface area contributed by atoms with Gasteiger partial charge in [-0.1, -0.05) is 36.4 Å². The second kappa shape index (κ2) is 17.8. The molecule has 2 aliphatic rings. The van der Waals surface area contributed by atoms with Crippen LogP contribution in [0.2, 0.25) is 0 Å². The first kappa shape index (κ1) is 37.5. The van der Waals surface area contributed by atoms with Crippen LogP contribution >= 0.6 is 8.38 Å². The molecule has 0 bridgehead atoms. The Morgan fingerprint density at radius 3 is 2.30 bits per heavy atom. The van der Waals surface area contributed by atoms with E-state index in [1.54, 1.807) is 11.8 Å². The Hall–Kier alpha value is -3.93. The predicted octanol–water partition coefficient (Wildman–Crippen LogP) is 4.20. The van der Waals surface area contributed by atoms with Gasteiger partial charge in [-0.3, -0.25) is 19.2 Å². The van der Waals surface area contributed by atoms with Crippen molar-refractivity contribution < 1.29 is 37.7 Å². The number of carbonyl (C=O) groups excluding carboxylic acids is 4. The van der Waals surface area contributed by atoms with Gasteiger partial charge in [-0.25, -0.2) is 0 Å². The number of halogens is 2. The van der Waals surface area contributed by atoms with Crippen LogP contribution in [-0.2, 0) is 26.5 Å². The lowest BCUT2D eigenvalue weighted by Crippen LogP contribution is -2.47. The third-order valence-electron chi connectivity index (χ3n) is 8.21. The number of hydrogen-bond donors (Lipinski definition) is 4. The molecule has 4 N–H and O–H groups in total. The van der Waals surface area contributed by atoms with E-state index in [-0.39, 0.29) is 23.4 Å². The summed E-state index contributed by atoms with van der Waals surface area (Å²) in [6.45, 7) is 7.44. The molecule has 11 nitrogen and oxygen atoms in total. The van der Waals surface area contributed by atoms with Gasteiger partial charge in [0.15, 0.2) is 0 Å². The van der Waals surface area contributed by atoms with Crippen molar-refractivity contribution in [3.63, 3.8) is 0 Å². The number of likely N-dealkylation sites (tertiary alicyclic amines) is 2. The number of benzene rings is 2. The van der Waals surface area contributed by atoms with Gasteiger partial charge in [0.2, 0.25) is 26.6 Å². The van der Waals surface area contributed by atoms with Crippen LogP contribution in [-0.4, -0.2) is 99.4 Å². The number of H-pyrrole nitrogens is 1. The fourth-order valence-electron chi connectivity index (χ4n) is 5.29. The van der Waals surface area contributed by atoms with E-state index in [4.69, 9.17) is 9.79 Å². The minimum Gasteiger partial charge on any atom is -0.354 e. The Morgan fingerprint density at radius 2 is 1.77 bits per heavy atom. The lowest BCUT2D eigenvalue weighted by atomic mass is 9.96. The van der Waals surface area contributed by atoms with E-state index in [1.165, 1.54) is 24.7 Å². The molecule has 3 aromatic rings. The molecule has 2 aromatic carbocycles. The van der Waals surface area contributed by atoms with E-state index >= 15 is 0 Å². The number of nitrogens with zero attached hydrogens (tertiary/aromatic N) is 3. The monoisotopic (exact) mass is 675 g/mol. The summed E-state index contributed by atoms with van der Waals surface area (Å²) in [6.07, 6.45) is 5.81. The highest BCUT2D eigenvalue weighted by atomic mass is 31.2. The van der Waals surface area contributed by atoms with E-state index in [9.17, 15) is 28.0 Å². The first-order valence-corrected chi connectivity index (χ1v) is 16.8. The van der Waals surface area contributed by atoms with Crippen molar-refractivity contribution in [3.8, 4) is 0 Å². The highest BCUT2D eigenvalue weighted by Gasteiger charge is 2.41. The molecule has 0 spiro atoms. The third-order valence-corrected chi connectivity index (χ3v) is 8.97. The van der Waals surface area contributed by atoms with Crippen LogP contribution in [0.25, 0.3) is 10.9 Å². The van der Waals surface area contributed by atoms with Gasteiger partial charge in [0.1, 0.15) is 5.69 Å². The summed E-state index contributed by atoms with van der Waals surface area (Å²) in [4.78, 5) is 70.4. The fraction of sp³-hybridized carbons (Fsp3) is 0.455. The van der Waals surface area contributed by atoms with Crippen LogP contribution in [0.4, 0.5) is 8.78 Å². The van der Waals surface area contributed by atoms with Crippen LogP contribution in [0, 0.1) is 0 Å². The molecule has 1 aromatic heterocycles. The van der Waals surface area contributed by atoms with Crippen LogP contribution < -0.4 is 5.32 Å². The summed E-state index contributed by atoms with van der Waals surface area (Å²) in [5.74, 6) is -0.130. The number of aromatic amines is 1. The number of alkyl halides is 2. The topological polar surface area (TPSA) is 146 Å². The van der Waals surface area contributed by atoms with Gasteiger partial charge in [-0.2, -0.15) is 8.78 Å². The first-order chi connectivity index (χ1) is 22.4. The molecule has 1 unspecified atom stereocenters. The number of carbonyl (C=O) groups is 4. The third kappa shape index (κ3) is 10.5. The summed E-state index contributed by atoms with van der Waals surface area (Å²) in [5, 5.41) is 2.81. The van der Waals surface area contributed by atoms with Crippen LogP contribution in [0.5, 0.6) is 0 Å². The molecule has 4 amide bonds. The molecular formula is C33H44F2N5O6P. The fourth-order valence-corrected chi connectivity index (χ4v) is 5.66. The average molecular weight is 676 g/mol. The first-order valence-electron chi connectivity index (χ1n) is 15.6. The van der Waals surface area contributed by atoms with Crippen LogP contribution in [0.1, 0.15) is 61.1 Å². The average Bonchev–Trinajstić information content (AvgIpc) is 3.75. The van der Waals surface area contributed by atoms with Crippen molar-refractivity contribution in [3.05, 3.63) is 71.4 Å². The lowest BCUT2D eigenvalue weighted by Gasteiger charge is -2.38. The number of nitrogens with one attached hydrogen (secondary N) is 2. The largest absolute Gasteiger partial charge is 0.354 e. The summed E-state index contributed by atoms with van der Waals surface area (Å²) in [6, 6.07) is 15.8. The maximum absolute atomic E-state index is 13.5. The van der Waals surface area contributed by atoms with E-state index in [2.05, 4.69) is 22.4 Å². The van der Waals surface area contributed by atoms with Gasteiger partial charge >= 0.3 is 5.66 Å². The summed E-state index contributed by atoms with van der Waals surface area (Å²) in [7, 11) is -1.95. The highest BCUT2D eigenvalue weighted by Crippen LogP contribution is 2.52. The molecule has 0 saturated carbocycles. The van der Waals surface area contributed by atoms with Crippen LogP contribution in [0.3, 0.4) is 0 Å². The van der Waals surface area contributed by atoms with Gasteiger partial charge in [-0.15, -0.1) is 0 Å². The quantitative estimate of drug-likeness (QED) is 0.187. The van der Waals surface area contributed by atoms with Crippen molar-refractivity contribution >= 4 is 43.4 Å². The minimum absolute atomic E-state index is 0.0479. The van der Waals surface area contributed by atoms with Crippen LogP contribution in [0.15, 0.2) is 54.6 Å². The zero-order valence-corrected chi connectivity index (χ0v) is 27.9. The Morgan fingerprint density at radius 1 is 1.09 bits per heavy atom. The van der Waals surface area contributed by atoms with E-state index in [1.807, 2.05) is 34.9 Å². The van der Waals surface area contributed by atoms with Gasteiger partial charge in [-0.05, 0) is 56.4 Å². The van der Waals surface area contributed by atoms with Crippen molar-refractivity contribution in [2.75, 3.05) is 39.8 Å². The Bertz CT molecular complexity index is 1480. The molecule has 0 aliphatic carbocycles. The van der Waals surface area contributed by atoms with E-state index < -0.39 is 19.6 Å². The standard InChI is InChI=1S/C11H11F2N2O3P.C11H20N2O2.C11H13NO/c1-14-10(16)9-5-6-4-7(2-3-8(6)15-9)11(12,13)19(17)18;1-3-12(10(2)14)9-6-11(15)13-7-4-5-8-13;13-9-12-7-6-11(12)8-10-4-2-1-3-5-10/h2-5,15,17-18H,1H3,(H,14,16);3-9H2,1-2H3;1-5,9,11H,6-8H2. The lowest BCUT2D eigenvalue weighted by molar-refractivity contribution is -0.132. The van der Waals surface area contributed by atoms with Gasteiger partial charge in [0.05, 0.1) is 0 Å². The maximum Gasteiger partial charge on any atom is 0.339 e. The van der Waals surface area contributed by atoms with Gasteiger partial charge < -0.3 is 34.8 Å². The Labute approximate surface area is 274 Å². The SMILES string of the molecule is CCN(CCC(=O)N1CCCC1)C(C)=O.CNC(=O)c1cc2cc(C(F)(F)P(O)O)ccc2[nH]1.O=CN1CCC1Cc1ccccc1. The molecule has 2 saturated heterocycles. The Kier molecular flexibility index (Phi) is 14.2. The molecule has 47 heavy (non-hydrogen) atoms. The zero-order chi connectivity index (χ0) is 34.6. The number of fused-ring (bicyclic) bond motifs is 1. The Balaban J connectivity index is 0.000000195. The van der Waals surface area contributed by atoms with Gasteiger partial charge in [0.25, 0.3) is 5.91 Å². The minimum atomic E-state index is -3.70. The highest BCUT2D eigenvalue weighted by molar-refractivity contribution is 7.46. The number of rotatable bonds is 10. The maximum atomic E-state index is 13.5. The zero-order valence-electron chi connectivity index (χ0n) is 27.0. The summed E-state index contributed by atoms with van der Waals surface area (Å²) in [5.41, 5.74) is -2.13. The predicted molar refractivity (Wildman–Crippen MR) is 177 cm³/mol. The molecule has 256 valence electrons. The molecule has 5 rings (SSSR count). The molecule has 2 fully saturated rings. The molecule has 0 radical (unpaired) electrons. The molecular weight excluding hydrogens is 631 g/mol. The second-order valence-electron chi connectivity index (χ2n) is 11.3. The number of hydrogen-bond acceptors (Lipinski definition) is 6. The van der Waals surface area contributed by atoms with Crippen molar-refractivity contribution in [1.82, 2.24) is 25.0 Å². The molecule has 14 heteroatoms. The number of amides is 4. The number of aromatic nitrogens is 1. The van der Waals surface area contributed by atoms with Crippen molar-refractivity contribution in [1.29, 1.82) is 0 Å². The van der Waals surface area contributed by atoms with Gasteiger partial charge in [0, 0.05) is 75.6 Å². The molecule has 2 aliphatic heterocycles. The van der Waals surface area contributed by atoms with E-state index in [0.717, 1.165) is 63.9 Å². The van der Waals surface area contributed by atoms with Crippen molar-refractivity contribution in [2.45, 2.75) is 57.7 Å². The molecule has 1 atom stereocenters. The smallest absolute Gasteiger partial charge is 0.339 e. The summed E-state index contributed by atoms with van der Waals surface area (Å²) < 4.78 is 27.0. The normalized spacial score (nSPS) is 15.6. The molecule has 3 heterocycles. The summed E-state index contributed by atoms with van der Waals surface area (Å²) >= 11 is 0.